The standard InChI is InChI=1S/C11H11BrN4OS/c1-16(6-10-13-7-14-15-10)11(17)5-3-8-2-4-9(12)18-8/h2-5,7H,6H2,1H3,(H,13,14,15). The van der Waals surface area contributed by atoms with E-state index >= 15 is 0 Å². The van der Waals surface area contributed by atoms with E-state index in [0.29, 0.717) is 12.4 Å². The molecule has 0 saturated heterocycles. The van der Waals surface area contributed by atoms with Crippen LogP contribution < -0.4 is 0 Å². The van der Waals surface area contributed by atoms with E-state index in [2.05, 4.69) is 31.1 Å². The van der Waals surface area contributed by atoms with Crippen LogP contribution in [0.1, 0.15) is 10.7 Å². The Morgan fingerprint density at radius 1 is 1.61 bits per heavy atom. The minimum atomic E-state index is -0.0732. The number of rotatable bonds is 4. The summed E-state index contributed by atoms with van der Waals surface area (Å²) in [5, 5.41) is 6.45. The summed E-state index contributed by atoms with van der Waals surface area (Å²) < 4.78 is 1.05. The number of halogens is 1. The molecule has 2 aromatic rings. The molecule has 0 aliphatic carbocycles. The van der Waals surface area contributed by atoms with Gasteiger partial charge in [-0.1, -0.05) is 0 Å². The first-order valence-electron chi connectivity index (χ1n) is 5.18. The topological polar surface area (TPSA) is 61.9 Å². The highest BCUT2D eigenvalue weighted by Crippen LogP contribution is 2.22. The molecule has 0 aliphatic rings. The van der Waals surface area contributed by atoms with Gasteiger partial charge in [0.2, 0.25) is 5.91 Å². The van der Waals surface area contributed by atoms with Gasteiger partial charge >= 0.3 is 0 Å². The Morgan fingerprint density at radius 3 is 3.06 bits per heavy atom. The second-order valence-corrected chi connectivity index (χ2v) is 6.10. The van der Waals surface area contributed by atoms with Crippen LogP contribution in [0, 0.1) is 0 Å². The molecule has 2 aromatic heterocycles. The second kappa shape index (κ2) is 5.92. The smallest absolute Gasteiger partial charge is 0.246 e. The van der Waals surface area contributed by atoms with E-state index in [4.69, 9.17) is 0 Å². The third-order valence-electron chi connectivity index (χ3n) is 2.21. The molecule has 1 amide bonds. The summed E-state index contributed by atoms with van der Waals surface area (Å²) in [5.41, 5.74) is 0. The molecule has 0 radical (unpaired) electrons. The number of hydrogen-bond donors (Lipinski definition) is 1. The van der Waals surface area contributed by atoms with Gasteiger partial charge in [-0.15, -0.1) is 11.3 Å². The van der Waals surface area contributed by atoms with E-state index in [1.807, 2.05) is 12.1 Å². The number of likely N-dealkylation sites (N-methyl/N-ethyl adjacent to an activating group) is 1. The SMILES string of the molecule is CN(Cc1ncn[nH]1)C(=O)C=Cc1ccc(Br)s1. The van der Waals surface area contributed by atoms with Crippen LogP contribution in [-0.4, -0.2) is 33.0 Å². The van der Waals surface area contributed by atoms with Crippen molar-refractivity contribution in [2.75, 3.05) is 7.05 Å². The first-order valence-corrected chi connectivity index (χ1v) is 6.79. The van der Waals surface area contributed by atoms with Crippen molar-refractivity contribution in [3.05, 3.63) is 39.0 Å². The number of aromatic nitrogens is 3. The normalized spacial score (nSPS) is 11.0. The zero-order valence-electron chi connectivity index (χ0n) is 9.63. The minimum Gasteiger partial charge on any atom is -0.335 e. The average molecular weight is 327 g/mol. The fraction of sp³-hybridized carbons (Fsp3) is 0.182. The highest BCUT2D eigenvalue weighted by Gasteiger charge is 2.07. The molecular weight excluding hydrogens is 316 g/mol. The fourth-order valence-corrected chi connectivity index (χ4v) is 2.63. The lowest BCUT2D eigenvalue weighted by Crippen LogP contribution is -2.24. The predicted molar refractivity (Wildman–Crippen MR) is 73.9 cm³/mol. The molecule has 7 heteroatoms. The van der Waals surface area contributed by atoms with Gasteiger partial charge in [-0.2, -0.15) is 5.10 Å². The molecule has 1 N–H and O–H groups in total. The molecule has 0 spiro atoms. The lowest BCUT2D eigenvalue weighted by atomic mass is 10.4. The lowest BCUT2D eigenvalue weighted by Gasteiger charge is -2.12. The average Bonchev–Trinajstić information content (AvgIpc) is 2.97. The van der Waals surface area contributed by atoms with Crippen LogP contribution in [0.3, 0.4) is 0 Å². The van der Waals surface area contributed by atoms with Crippen molar-refractivity contribution < 1.29 is 4.79 Å². The van der Waals surface area contributed by atoms with Crippen molar-refractivity contribution in [3.8, 4) is 0 Å². The summed E-state index contributed by atoms with van der Waals surface area (Å²) >= 11 is 4.96. The monoisotopic (exact) mass is 326 g/mol. The summed E-state index contributed by atoms with van der Waals surface area (Å²) in [4.78, 5) is 18.4. The Labute approximate surface area is 117 Å². The molecule has 2 heterocycles. The maximum absolute atomic E-state index is 11.8. The van der Waals surface area contributed by atoms with Crippen molar-refractivity contribution >= 4 is 39.2 Å². The molecule has 0 bridgehead atoms. The van der Waals surface area contributed by atoms with Gasteiger partial charge < -0.3 is 4.90 Å². The van der Waals surface area contributed by atoms with Gasteiger partial charge in [0.1, 0.15) is 12.2 Å². The molecule has 0 fully saturated rings. The molecule has 0 saturated carbocycles. The maximum atomic E-state index is 11.8. The Morgan fingerprint density at radius 2 is 2.44 bits per heavy atom. The number of nitrogens with zero attached hydrogens (tertiary/aromatic N) is 3. The number of carbonyl (C=O) groups is 1. The number of hydrogen-bond acceptors (Lipinski definition) is 4. The van der Waals surface area contributed by atoms with Crippen LogP contribution in [0.5, 0.6) is 0 Å². The quantitative estimate of drug-likeness (QED) is 0.877. The largest absolute Gasteiger partial charge is 0.335 e. The molecular formula is C11H11BrN4OS. The third kappa shape index (κ3) is 3.51. The van der Waals surface area contributed by atoms with Gasteiger partial charge in [0, 0.05) is 18.0 Å². The van der Waals surface area contributed by atoms with E-state index in [0.717, 1.165) is 8.66 Å². The van der Waals surface area contributed by atoms with Crippen LogP contribution >= 0.6 is 27.3 Å². The molecule has 0 atom stereocenters. The highest BCUT2D eigenvalue weighted by molar-refractivity contribution is 9.11. The lowest BCUT2D eigenvalue weighted by molar-refractivity contribution is -0.125. The first kappa shape index (κ1) is 13.0. The van der Waals surface area contributed by atoms with E-state index in [1.54, 1.807) is 35.4 Å². The summed E-state index contributed by atoms with van der Waals surface area (Å²) in [6.45, 7) is 0.414. The molecule has 2 rings (SSSR count). The van der Waals surface area contributed by atoms with Gasteiger partial charge in [-0.25, -0.2) is 4.98 Å². The molecule has 5 nitrogen and oxygen atoms in total. The number of nitrogens with one attached hydrogen (secondary N) is 1. The third-order valence-corrected chi connectivity index (χ3v) is 3.80. The maximum Gasteiger partial charge on any atom is 0.246 e. The Hall–Kier alpha value is -1.47. The highest BCUT2D eigenvalue weighted by atomic mass is 79.9. The van der Waals surface area contributed by atoms with Gasteiger partial charge in [-0.3, -0.25) is 9.89 Å². The van der Waals surface area contributed by atoms with Crippen LogP contribution in [0.25, 0.3) is 6.08 Å². The summed E-state index contributed by atoms with van der Waals surface area (Å²) in [5.74, 6) is 0.592. The zero-order chi connectivity index (χ0) is 13.0. The van der Waals surface area contributed by atoms with Crippen LogP contribution in [0.4, 0.5) is 0 Å². The zero-order valence-corrected chi connectivity index (χ0v) is 12.0. The molecule has 0 aromatic carbocycles. The summed E-state index contributed by atoms with van der Waals surface area (Å²) in [6, 6.07) is 3.90. The van der Waals surface area contributed by atoms with Crippen LogP contribution in [0.2, 0.25) is 0 Å². The molecule has 0 aliphatic heterocycles. The minimum absolute atomic E-state index is 0.0732. The van der Waals surface area contributed by atoms with Gasteiger partial charge in [0.15, 0.2) is 0 Å². The van der Waals surface area contributed by atoms with E-state index in [9.17, 15) is 4.79 Å². The number of aromatic amines is 1. The Balaban J connectivity index is 1.93. The Kier molecular flexibility index (Phi) is 4.27. The fourth-order valence-electron chi connectivity index (χ4n) is 1.31. The van der Waals surface area contributed by atoms with E-state index in [-0.39, 0.29) is 5.91 Å². The first-order chi connectivity index (χ1) is 8.65. The van der Waals surface area contributed by atoms with Crippen LogP contribution in [-0.2, 0) is 11.3 Å². The summed E-state index contributed by atoms with van der Waals surface area (Å²) in [6.07, 6.45) is 4.77. The van der Waals surface area contributed by atoms with Crippen molar-refractivity contribution in [1.29, 1.82) is 0 Å². The summed E-state index contributed by atoms with van der Waals surface area (Å²) in [7, 11) is 1.72. The van der Waals surface area contributed by atoms with E-state index in [1.165, 1.54) is 6.33 Å². The van der Waals surface area contributed by atoms with Crippen molar-refractivity contribution in [3.63, 3.8) is 0 Å². The number of carbonyl (C=O) groups excluding carboxylic acids is 1. The molecule has 18 heavy (non-hydrogen) atoms. The van der Waals surface area contributed by atoms with Crippen molar-refractivity contribution in [1.82, 2.24) is 20.1 Å². The number of thiophene rings is 1. The number of amides is 1. The Bertz CT molecular complexity index is 549. The van der Waals surface area contributed by atoms with Crippen molar-refractivity contribution in [2.24, 2.45) is 0 Å². The van der Waals surface area contributed by atoms with Gasteiger partial charge in [0.25, 0.3) is 0 Å². The predicted octanol–water partition coefficient (Wildman–Crippen LogP) is 2.30. The number of H-pyrrole nitrogens is 1. The molecule has 0 unspecified atom stereocenters. The van der Waals surface area contributed by atoms with Gasteiger partial charge in [0.05, 0.1) is 10.3 Å². The molecule has 94 valence electrons. The van der Waals surface area contributed by atoms with Crippen molar-refractivity contribution in [2.45, 2.75) is 6.54 Å². The van der Waals surface area contributed by atoms with E-state index < -0.39 is 0 Å². The van der Waals surface area contributed by atoms with Gasteiger partial charge in [-0.05, 0) is 34.1 Å². The van der Waals surface area contributed by atoms with Crippen LogP contribution in [0.15, 0.2) is 28.3 Å². The second-order valence-electron chi connectivity index (χ2n) is 3.60.